The Hall–Kier alpha value is -4.75. The van der Waals surface area contributed by atoms with Crippen molar-refractivity contribution >= 4 is 17.9 Å². The largest absolute Gasteiger partial charge is 0.462 e. The minimum absolute atomic E-state index is 0.0379. The molecule has 5 aliphatic rings. The van der Waals surface area contributed by atoms with E-state index in [1.165, 1.54) is 12.4 Å². The third-order valence-corrected chi connectivity index (χ3v) is 12.3. The summed E-state index contributed by atoms with van der Waals surface area (Å²) in [5.74, 6) is -4.01. The Morgan fingerprint density at radius 2 is 1.57 bits per heavy atom. The highest BCUT2D eigenvalue weighted by Gasteiger charge is 2.61. The summed E-state index contributed by atoms with van der Waals surface area (Å²) in [6.07, 6.45) is 17.2. The minimum Gasteiger partial charge on any atom is -0.462 e. The third kappa shape index (κ3) is 8.38. The van der Waals surface area contributed by atoms with Gasteiger partial charge in [0.05, 0.1) is 29.9 Å². The molecule has 308 valence electrons. The molecule has 12 heteroatoms. The molecular formula is C46H54N2O10. The van der Waals surface area contributed by atoms with Crippen LogP contribution < -0.4 is 0 Å². The second-order valence-corrected chi connectivity index (χ2v) is 16.4. The first-order valence-corrected chi connectivity index (χ1v) is 20.4. The van der Waals surface area contributed by atoms with Crippen molar-refractivity contribution in [2.24, 2.45) is 23.7 Å². The van der Waals surface area contributed by atoms with Crippen LogP contribution in [0.25, 0.3) is 0 Å². The van der Waals surface area contributed by atoms with Crippen molar-refractivity contribution in [1.82, 2.24) is 9.97 Å². The number of fused-ring (bicyclic) bond motifs is 2. The number of aromatic nitrogens is 2. The van der Waals surface area contributed by atoms with Crippen molar-refractivity contribution in [1.29, 1.82) is 0 Å². The van der Waals surface area contributed by atoms with Crippen LogP contribution in [-0.4, -0.2) is 87.6 Å². The fourth-order valence-corrected chi connectivity index (χ4v) is 8.83. The second kappa shape index (κ2) is 17.2. The van der Waals surface area contributed by atoms with Gasteiger partial charge in [0.2, 0.25) is 0 Å². The van der Waals surface area contributed by atoms with Gasteiger partial charge >= 0.3 is 17.9 Å². The lowest BCUT2D eigenvalue weighted by Crippen LogP contribution is -2.59. The number of pyridine rings is 2. The van der Waals surface area contributed by atoms with Crippen LogP contribution in [0.3, 0.4) is 0 Å². The Labute approximate surface area is 340 Å². The normalized spacial score (nSPS) is 37.8. The molecule has 0 saturated carbocycles. The molecule has 58 heavy (non-hydrogen) atoms. The summed E-state index contributed by atoms with van der Waals surface area (Å²) in [5, 5.41) is 12.8. The quantitative estimate of drug-likeness (QED) is 0.185. The number of esters is 3. The molecule has 0 aromatic carbocycles. The molecule has 0 unspecified atom stereocenters. The van der Waals surface area contributed by atoms with Crippen LogP contribution in [-0.2, 0) is 33.2 Å². The van der Waals surface area contributed by atoms with Gasteiger partial charge in [-0.3, -0.25) is 14.8 Å². The third-order valence-electron chi connectivity index (χ3n) is 12.3. The Morgan fingerprint density at radius 3 is 2.22 bits per heavy atom. The first-order valence-electron chi connectivity index (χ1n) is 20.4. The van der Waals surface area contributed by atoms with Crippen molar-refractivity contribution in [3.05, 3.63) is 119 Å². The molecule has 2 fully saturated rings. The number of carbonyl (C=O) groups is 3. The maximum atomic E-state index is 14.6. The highest BCUT2D eigenvalue weighted by molar-refractivity contribution is 5.90. The van der Waals surface area contributed by atoms with Crippen LogP contribution in [0.5, 0.6) is 0 Å². The molecular weight excluding hydrogens is 741 g/mol. The molecule has 12 nitrogen and oxygen atoms in total. The lowest BCUT2D eigenvalue weighted by molar-refractivity contribution is -0.300. The lowest BCUT2D eigenvalue weighted by atomic mass is 9.70. The first kappa shape index (κ1) is 41.4. The van der Waals surface area contributed by atoms with Gasteiger partial charge in [-0.25, -0.2) is 9.59 Å². The van der Waals surface area contributed by atoms with Crippen molar-refractivity contribution in [2.75, 3.05) is 6.61 Å². The van der Waals surface area contributed by atoms with Crippen LogP contribution >= 0.6 is 0 Å². The smallest absolute Gasteiger partial charge is 0.338 e. The fourth-order valence-electron chi connectivity index (χ4n) is 8.83. The van der Waals surface area contributed by atoms with E-state index in [0.29, 0.717) is 29.6 Å². The van der Waals surface area contributed by atoms with E-state index < -0.39 is 65.7 Å². The van der Waals surface area contributed by atoms with Crippen molar-refractivity contribution in [3.63, 3.8) is 0 Å². The minimum atomic E-state index is -1.94. The second-order valence-electron chi connectivity index (χ2n) is 16.4. The Bertz CT molecular complexity index is 1990. The Balaban J connectivity index is 1.28. The van der Waals surface area contributed by atoms with Crippen LogP contribution in [0.4, 0.5) is 0 Å². The summed E-state index contributed by atoms with van der Waals surface area (Å²) in [6.45, 7) is 12.0. The molecule has 1 aliphatic carbocycles. The number of aliphatic hydroxyl groups is 1. The number of allylic oxidation sites excluding steroid dienone is 2. The predicted molar refractivity (Wildman–Crippen MR) is 213 cm³/mol. The molecule has 2 saturated heterocycles. The molecule has 12 atom stereocenters. The standard InChI is InChI=1S/C46H54N2O10/c1-7-27(2)39-30(5)13-18-45(58-39)25-36-24-35(57-45)12-11-29(4)38(55-42(49)32-14-19-47-20-15-32)28(3)9-8-10-34-26-53-41-40(56-43(50)33-16-21-48-22-17-33)31(6)23-37(44(51)54-36)46(34,41)52/h8-11,13-23,27-28,30,35-41,52H,7,12,24-26H2,1-6H3/b9-8+,29-11+,34-10+/t27-,28-,30-,35+,36-,37-,38-,39+,40+,41+,45+,46+/m0/s1. The number of hydrogen-bond acceptors (Lipinski definition) is 12. The van der Waals surface area contributed by atoms with E-state index in [4.69, 9.17) is 28.4 Å². The number of nitrogens with zero attached hydrogens (tertiary/aromatic N) is 2. The average Bonchev–Trinajstić information content (AvgIpc) is 3.56. The van der Waals surface area contributed by atoms with Crippen LogP contribution in [0.15, 0.2) is 108 Å². The lowest BCUT2D eigenvalue weighted by Gasteiger charge is -2.48. The molecule has 0 amide bonds. The molecule has 2 aromatic rings. The summed E-state index contributed by atoms with van der Waals surface area (Å²) >= 11 is 0. The fraction of sp³-hybridized carbons (Fsp3) is 0.500. The molecule has 2 aromatic heterocycles. The predicted octanol–water partition coefficient (Wildman–Crippen LogP) is 6.83. The number of hydrogen-bond donors (Lipinski definition) is 1. The van der Waals surface area contributed by atoms with Gasteiger partial charge in [0.25, 0.3) is 0 Å². The van der Waals surface area contributed by atoms with Crippen LogP contribution in [0.1, 0.15) is 87.9 Å². The highest BCUT2D eigenvalue weighted by atomic mass is 16.7. The molecule has 4 aliphatic heterocycles. The summed E-state index contributed by atoms with van der Waals surface area (Å²) in [6, 6.07) is 6.31. The average molecular weight is 795 g/mol. The molecule has 7 rings (SSSR count). The zero-order valence-corrected chi connectivity index (χ0v) is 34.0. The monoisotopic (exact) mass is 794 g/mol. The van der Waals surface area contributed by atoms with Gasteiger partial charge in [-0.1, -0.05) is 70.6 Å². The van der Waals surface area contributed by atoms with Crippen LogP contribution in [0.2, 0.25) is 0 Å². The van der Waals surface area contributed by atoms with Crippen molar-refractivity contribution in [2.45, 2.75) is 115 Å². The van der Waals surface area contributed by atoms with E-state index >= 15 is 0 Å². The van der Waals surface area contributed by atoms with E-state index in [1.54, 1.807) is 61.8 Å². The van der Waals surface area contributed by atoms with Gasteiger partial charge in [0.15, 0.2) is 11.9 Å². The molecule has 1 spiro atoms. The zero-order valence-electron chi connectivity index (χ0n) is 34.0. The first-order chi connectivity index (χ1) is 27.8. The summed E-state index contributed by atoms with van der Waals surface area (Å²) in [4.78, 5) is 49.3. The van der Waals surface area contributed by atoms with Gasteiger partial charge in [-0.2, -0.15) is 0 Å². The van der Waals surface area contributed by atoms with Gasteiger partial charge < -0.3 is 33.5 Å². The molecule has 6 heterocycles. The van der Waals surface area contributed by atoms with Crippen molar-refractivity contribution in [3.8, 4) is 0 Å². The van der Waals surface area contributed by atoms with Crippen molar-refractivity contribution < 1.29 is 47.9 Å². The van der Waals surface area contributed by atoms with E-state index in [2.05, 4.69) is 36.8 Å². The molecule has 2 bridgehead atoms. The van der Waals surface area contributed by atoms with E-state index in [-0.39, 0.29) is 42.4 Å². The maximum Gasteiger partial charge on any atom is 0.338 e. The topological polar surface area (TPSA) is 153 Å². The summed E-state index contributed by atoms with van der Waals surface area (Å²) < 4.78 is 38.5. The van der Waals surface area contributed by atoms with E-state index in [0.717, 1.165) is 12.0 Å². The van der Waals surface area contributed by atoms with Gasteiger partial charge in [-0.05, 0) is 73.2 Å². The van der Waals surface area contributed by atoms with E-state index in [9.17, 15) is 19.5 Å². The molecule has 0 radical (unpaired) electrons. The van der Waals surface area contributed by atoms with Gasteiger partial charge in [-0.15, -0.1) is 0 Å². The Morgan fingerprint density at radius 1 is 0.914 bits per heavy atom. The summed E-state index contributed by atoms with van der Waals surface area (Å²) in [5.41, 5.74) is 0.500. The van der Waals surface area contributed by atoms with Gasteiger partial charge in [0.1, 0.15) is 29.8 Å². The molecule has 1 N–H and O–H groups in total. The van der Waals surface area contributed by atoms with Gasteiger partial charge in [0, 0.05) is 49.5 Å². The number of ether oxygens (including phenoxy) is 6. The van der Waals surface area contributed by atoms with E-state index in [1.807, 2.05) is 32.1 Å². The van der Waals surface area contributed by atoms with Crippen LogP contribution in [0, 0.1) is 23.7 Å². The SMILES string of the molecule is CC[C@H](C)[C@H]1O[C@]2(C=C[C@@H]1C)C[C@@H]1C[C@@H](C/C=C(\C)[C@@H](OC(=O)c3ccncc3)[C@@H](C)/C=C/C=C3\CO[C@@H]4[C@H](OC(=O)c5ccncc5)C(C)=C[C@@H](C(=O)O1)[C@]34O)O2. The highest BCUT2D eigenvalue weighted by Crippen LogP contribution is 2.48. The maximum absolute atomic E-state index is 14.6. The summed E-state index contributed by atoms with van der Waals surface area (Å²) in [7, 11) is 0. The Kier molecular flexibility index (Phi) is 12.3. The number of rotatable bonds is 6. The number of carbonyl (C=O) groups excluding carboxylic acids is 3. The zero-order chi connectivity index (χ0) is 41.2.